The lowest BCUT2D eigenvalue weighted by Gasteiger charge is -2.31. The highest BCUT2D eigenvalue weighted by molar-refractivity contribution is 5.85. The average molecular weight is 284 g/mol. The largest absolute Gasteiger partial charge is 0.481 e. The van der Waals surface area contributed by atoms with Crippen LogP contribution >= 0.6 is 12.4 Å². The lowest BCUT2D eigenvalue weighted by atomic mass is 9.93. The molecular formula is C15H22ClNO2. The monoisotopic (exact) mass is 283 g/mol. The molecule has 0 aliphatic carbocycles. The lowest BCUT2D eigenvalue weighted by molar-refractivity contribution is -0.138. The summed E-state index contributed by atoms with van der Waals surface area (Å²) in [5, 5.41) is 8.77. The van der Waals surface area contributed by atoms with Gasteiger partial charge >= 0.3 is 5.97 Å². The van der Waals surface area contributed by atoms with Gasteiger partial charge in [-0.25, -0.2) is 0 Å². The van der Waals surface area contributed by atoms with E-state index in [1.165, 1.54) is 5.56 Å². The minimum atomic E-state index is -0.655. The minimum Gasteiger partial charge on any atom is -0.481 e. The van der Waals surface area contributed by atoms with Crippen LogP contribution in [-0.4, -0.2) is 35.6 Å². The Hall–Kier alpha value is -1.06. The molecule has 1 aromatic rings. The van der Waals surface area contributed by atoms with Crippen molar-refractivity contribution in [3.05, 3.63) is 35.9 Å². The predicted octanol–water partition coefficient (Wildman–Crippen LogP) is 2.84. The topological polar surface area (TPSA) is 40.5 Å². The van der Waals surface area contributed by atoms with Gasteiger partial charge in [0.2, 0.25) is 0 Å². The number of halogens is 1. The molecule has 1 saturated heterocycles. The van der Waals surface area contributed by atoms with Crippen LogP contribution in [-0.2, 0) is 11.2 Å². The molecule has 0 spiro atoms. The van der Waals surface area contributed by atoms with Crippen molar-refractivity contribution in [2.45, 2.75) is 25.7 Å². The average Bonchev–Trinajstić information content (AvgIpc) is 2.38. The van der Waals surface area contributed by atoms with Crippen molar-refractivity contribution in [1.29, 1.82) is 0 Å². The van der Waals surface area contributed by atoms with Gasteiger partial charge in [0, 0.05) is 13.0 Å². The van der Waals surface area contributed by atoms with Gasteiger partial charge in [0.15, 0.2) is 0 Å². The van der Waals surface area contributed by atoms with Gasteiger partial charge in [0.25, 0.3) is 0 Å². The molecule has 0 aromatic heterocycles. The number of likely N-dealkylation sites (tertiary alicyclic amines) is 1. The molecule has 0 unspecified atom stereocenters. The Balaban J connectivity index is 0.00000180. The summed E-state index contributed by atoms with van der Waals surface area (Å²) in [6, 6.07) is 10.5. The first kappa shape index (κ1) is 16.0. The van der Waals surface area contributed by atoms with Crippen molar-refractivity contribution in [1.82, 2.24) is 4.90 Å². The number of piperidine rings is 1. The van der Waals surface area contributed by atoms with Crippen LogP contribution in [0.5, 0.6) is 0 Å². The van der Waals surface area contributed by atoms with E-state index in [0.29, 0.717) is 12.3 Å². The van der Waals surface area contributed by atoms with Crippen LogP contribution in [0.4, 0.5) is 0 Å². The molecular weight excluding hydrogens is 262 g/mol. The normalized spacial score (nSPS) is 16.8. The van der Waals surface area contributed by atoms with Gasteiger partial charge in [-0.15, -0.1) is 12.4 Å². The first-order valence-corrected chi connectivity index (χ1v) is 6.72. The maximum Gasteiger partial charge on any atom is 0.303 e. The highest BCUT2D eigenvalue weighted by Gasteiger charge is 2.20. The van der Waals surface area contributed by atoms with Gasteiger partial charge in [-0.05, 0) is 43.8 Å². The van der Waals surface area contributed by atoms with Gasteiger partial charge in [-0.2, -0.15) is 0 Å². The van der Waals surface area contributed by atoms with Crippen LogP contribution in [0, 0.1) is 5.92 Å². The molecule has 1 aliphatic rings. The van der Waals surface area contributed by atoms with Crippen molar-refractivity contribution in [2.24, 2.45) is 5.92 Å². The van der Waals surface area contributed by atoms with E-state index in [2.05, 4.69) is 29.2 Å². The number of carbonyl (C=O) groups is 1. The predicted molar refractivity (Wildman–Crippen MR) is 78.8 cm³/mol. The fourth-order valence-electron chi connectivity index (χ4n) is 2.59. The third-order valence-corrected chi connectivity index (χ3v) is 3.73. The van der Waals surface area contributed by atoms with Crippen LogP contribution in [0.3, 0.4) is 0 Å². The zero-order valence-electron chi connectivity index (χ0n) is 11.1. The summed E-state index contributed by atoms with van der Waals surface area (Å²) in [6.45, 7) is 3.18. The SMILES string of the molecule is Cl.O=C(O)CC1CCN(CCc2ccccc2)CC1. The molecule has 19 heavy (non-hydrogen) atoms. The fourth-order valence-corrected chi connectivity index (χ4v) is 2.59. The highest BCUT2D eigenvalue weighted by Crippen LogP contribution is 2.20. The molecule has 0 amide bonds. The van der Waals surface area contributed by atoms with E-state index in [-0.39, 0.29) is 12.4 Å². The molecule has 0 radical (unpaired) electrons. The molecule has 1 aromatic carbocycles. The maximum absolute atomic E-state index is 10.6. The smallest absolute Gasteiger partial charge is 0.303 e. The zero-order chi connectivity index (χ0) is 12.8. The summed E-state index contributed by atoms with van der Waals surface area (Å²) in [6.07, 6.45) is 3.49. The van der Waals surface area contributed by atoms with Crippen LogP contribution < -0.4 is 0 Å². The Bertz CT molecular complexity index is 375. The number of hydrogen-bond donors (Lipinski definition) is 1. The summed E-state index contributed by atoms with van der Waals surface area (Å²) in [5.41, 5.74) is 1.38. The van der Waals surface area contributed by atoms with E-state index < -0.39 is 5.97 Å². The second-order valence-corrected chi connectivity index (χ2v) is 5.12. The molecule has 0 bridgehead atoms. The zero-order valence-corrected chi connectivity index (χ0v) is 11.9. The van der Waals surface area contributed by atoms with Crippen LogP contribution in [0.1, 0.15) is 24.8 Å². The fraction of sp³-hybridized carbons (Fsp3) is 0.533. The van der Waals surface area contributed by atoms with Crippen molar-refractivity contribution in [3.8, 4) is 0 Å². The van der Waals surface area contributed by atoms with Crippen molar-refractivity contribution < 1.29 is 9.90 Å². The quantitative estimate of drug-likeness (QED) is 0.903. The number of rotatable bonds is 5. The van der Waals surface area contributed by atoms with Crippen molar-refractivity contribution in [2.75, 3.05) is 19.6 Å². The first-order chi connectivity index (χ1) is 8.74. The molecule has 1 N–H and O–H groups in total. The third kappa shape index (κ3) is 5.62. The molecule has 106 valence electrons. The van der Waals surface area contributed by atoms with E-state index >= 15 is 0 Å². The number of hydrogen-bond acceptors (Lipinski definition) is 2. The number of benzene rings is 1. The molecule has 0 saturated carbocycles. The van der Waals surface area contributed by atoms with Crippen molar-refractivity contribution >= 4 is 18.4 Å². The van der Waals surface area contributed by atoms with Gasteiger partial charge in [0.05, 0.1) is 0 Å². The van der Waals surface area contributed by atoms with Gasteiger partial charge in [0.1, 0.15) is 0 Å². The molecule has 1 heterocycles. The van der Waals surface area contributed by atoms with Gasteiger partial charge < -0.3 is 10.0 Å². The molecule has 3 nitrogen and oxygen atoms in total. The van der Waals surface area contributed by atoms with Crippen LogP contribution in [0.2, 0.25) is 0 Å². The Morgan fingerprint density at radius 3 is 2.42 bits per heavy atom. The maximum atomic E-state index is 10.6. The van der Waals surface area contributed by atoms with Gasteiger partial charge in [-0.1, -0.05) is 30.3 Å². The molecule has 2 rings (SSSR count). The number of nitrogens with zero attached hydrogens (tertiary/aromatic N) is 1. The van der Waals surface area contributed by atoms with E-state index in [0.717, 1.165) is 38.9 Å². The Kier molecular flexibility index (Phi) is 6.89. The molecule has 4 heteroatoms. The molecule has 1 aliphatic heterocycles. The Morgan fingerprint density at radius 2 is 1.84 bits per heavy atom. The van der Waals surface area contributed by atoms with Crippen LogP contribution in [0.15, 0.2) is 30.3 Å². The Labute approximate surface area is 121 Å². The molecule has 0 atom stereocenters. The minimum absolute atomic E-state index is 0. The lowest BCUT2D eigenvalue weighted by Crippen LogP contribution is -2.35. The summed E-state index contributed by atoms with van der Waals surface area (Å²) in [7, 11) is 0. The first-order valence-electron chi connectivity index (χ1n) is 6.72. The van der Waals surface area contributed by atoms with E-state index in [4.69, 9.17) is 5.11 Å². The van der Waals surface area contributed by atoms with E-state index in [1.54, 1.807) is 0 Å². The van der Waals surface area contributed by atoms with Crippen molar-refractivity contribution in [3.63, 3.8) is 0 Å². The second-order valence-electron chi connectivity index (χ2n) is 5.12. The molecule has 1 fully saturated rings. The van der Waals surface area contributed by atoms with E-state index in [1.807, 2.05) is 6.07 Å². The summed E-state index contributed by atoms with van der Waals surface area (Å²) in [5.74, 6) is -0.270. The highest BCUT2D eigenvalue weighted by atomic mass is 35.5. The Morgan fingerprint density at radius 1 is 1.21 bits per heavy atom. The summed E-state index contributed by atoms with van der Waals surface area (Å²) >= 11 is 0. The number of aliphatic carboxylic acids is 1. The van der Waals surface area contributed by atoms with Gasteiger partial charge in [-0.3, -0.25) is 4.79 Å². The van der Waals surface area contributed by atoms with Crippen LogP contribution in [0.25, 0.3) is 0 Å². The number of carboxylic acid groups (broad SMARTS) is 1. The standard InChI is InChI=1S/C15H21NO2.ClH/c17-15(18)12-14-7-10-16(11-8-14)9-6-13-4-2-1-3-5-13;/h1-5,14H,6-12H2,(H,17,18);1H. The third-order valence-electron chi connectivity index (χ3n) is 3.73. The van der Waals surface area contributed by atoms with E-state index in [9.17, 15) is 4.79 Å². The second kappa shape index (κ2) is 8.18. The summed E-state index contributed by atoms with van der Waals surface area (Å²) in [4.78, 5) is 13.1. The summed E-state index contributed by atoms with van der Waals surface area (Å²) < 4.78 is 0. The number of carboxylic acids is 1.